The summed E-state index contributed by atoms with van der Waals surface area (Å²) in [5, 5.41) is 32.9. The number of benzene rings is 3. The van der Waals surface area contributed by atoms with Crippen LogP contribution in [0.5, 0.6) is 0 Å². The minimum absolute atomic E-state index is 0.193. The first-order valence-electron chi connectivity index (χ1n) is 10.9. The normalized spacial score (nSPS) is 11.8. The average molecular weight is 459 g/mol. The van der Waals surface area contributed by atoms with Crippen LogP contribution < -0.4 is 10.6 Å². The predicted octanol–water partition coefficient (Wildman–Crippen LogP) is 4.38. The summed E-state index contributed by atoms with van der Waals surface area (Å²) in [6.45, 7) is 2.71. The van der Waals surface area contributed by atoms with Crippen LogP contribution in [-0.2, 0) is 11.3 Å². The maximum Gasteiger partial charge on any atom is 0.320 e. The first-order chi connectivity index (χ1) is 16.5. The number of hydrogen-bond donors (Lipinski definition) is 4. The van der Waals surface area contributed by atoms with Crippen molar-refractivity contribution in [3.05, 3.63) is 83.9 Å². The Morgan fingerprint density at radius 3 is 2.56 bits per heavy atom. The molecule has 0 fully saturated rings. The molecule has 34 heavy (non-hydrogen) atoms. The molecule has 0 spiro atoms. The highest BCUT2D eigenvalue weighted by Crippen LogP contribution is 2.32. The minimum atomic E-state index is -1.03. The number of aliphatic carboxylic acids is 1. The molecule has 1 unspecified atom stereocenters. The van der Waals surface area contributed by atoms with E-state index in [0.29, 0.717) is 12.4 Å². The standard InChI is InChI=1S/C26H26N4O4/c1-17-22(19-8-3-2-4-9-19)11-6-12-23(17)25-29-30-26(34-25)28-20-10-5-7-18(13-20)15-27-16-21(31)14-24(32)33/h2-13,21,27,31H,14-16H2,1H3,(H,28,30)(H,32,33). The first-order valence-corrected chi connectivity index (χ1v) is 10.9. The van der Waals surface area contributed by atoms with Crippen molar-refractivity contribution in [2.24, 2.45) is 0 Å². The molecular formula is C26H26N4O4. The van der Waals surface area contributed by atoms with E-state index in [0.717, 1.165) is 33.5 Å². The van der Waals surface area contributed by atoms with Gasteiger partial charge in [0.2, 0.25) is 5.89 Å². The van der Waals surface area contributed by atoms with Crippen molar-refractivity contribution in [2.45, 2.75) is 26.0 Å². The number of hydrogen-bond acceptors (Lipinski definition) is 7. The summed E-state index contributed by atoms with van der Waals surface area (Å²) >= 11 is 0. The topological polar surface area (TPSA) is 121 Å². The van der Waals surface area contributed by atoms with E-state index in [4.69, 9.17) is 9.52 Å². The van der Waals surface area contributed by atoms with Crippen LogP contribution in [0.15, 0.2) is 77.2 Å². The molecule has 0 aliphatic carbocycles. The summed E-state index contributed by atoms with van der Waals surface area (Å²) in [6.07, 6.45) is -1.22. The molecule has 1 atom stereocenters. The van der Waals surface area contributed by atoms with Crippen LogP contribution in [0.3, 0.4) is 0 Å². The largest absolute Gasteiger partial charge is 0.481 e. The monoisotopic (exact) mass is 458 g/mol. The van der Waals surface area contributed by atoms with E-state index >= 15 is 0 Å². The lowest BCUT2D eigenvalue weighted by atomic mass is 9.96. The second-order valence-corrected chi connectivity index (χ2v) is 7.96. The second-order valence-electron chi connectivity index (χ2n) is 7.96. The molecule has 0 saturated heterocycles. The molecule has 3 aromatic carbocycles. The van der Waals surface area contributed by atoms with Gasteiger partial charge in [-0.25, -0.2) is 0 Å². The number of rotatable bonds is 10. The Bertz CT molecular complexity index is 1260. The lowest BCUT2D eigenvalue weighted by molar-refractivity contribution is -0.139. The predicted molar refractivity (Wildman–Crippen MR) is 130 cm³/mol. The van der Waals surface area contributed by atoms with E-state index in [9.17, 15) is 9.90 Å². The molecular weight excluding hydrogens is 432 g/mol. The highest BCUT2D eigenvalue weighted by Gasteiger charge is 2.14. The van der Waals surface area contributed by atoms with E-state index in [1.165, 1.54) is 0 Å². The average Bonchev–Trinajstić information content (AvgIpc) is 3.28. The van der Waals surface area contributed by atoms with Gasteiger partial charge in [-0.1, -0.05) is 59.7 Å². The molecule has 8 nitrogen and oxygen atoms in total. The van der Waals surface area contributed by atoms with Crippen molar-refractivity contribution in [1.82, 2.24) is 15.5 Å². The number of nitrogens with one attached hydrogen (secondary N) is 2. The van der Waals surface area contributed by atoms with Crippen LogP contribution in [0.25, 0.3) is 22.6 Å². The number of aliphatic hydroxyl groups excluding tert-OH is 1. The zero-order valence-electron chi connectivity index (χ0n) is 18.7. The van der Waals surface area contributed by atoms with Gasteiger partial charge in [-0.2, -0.15) is 0 Å². The molecule has 0 amide bonds. The number of nitrogens with zero attached hydrogens (tertiary/aromatic N) is 2. The Morgan fingerprint density at radius 2 is 1.76 bits per heavy atom. The molecule has 0 saturated carbocycles. The van der Waals surface area contributed by atoms with Gasteiger partial charge >= 0.3 is 12.0 Å². The van der Waals surface area contributed by atoms with E-state index in [1.807, 2.05) is 61.5 Å². The molecule has 8 heteroatoms. The quantitative estimate of drug-likeness (QED) is 0.276. The Labute approximate surface area is 197 Å². The molecule has 1 heterocycles. The van der Waals surface area contributed by atoms with Crippen LogP contribution in [0, 0.1) is 6.92 Å². The first kappa shape index (κ1) is 23.2. The van der Waals surface area contributed by atoms with Gasteiger partial charge in [0.05, 0.1) is 12.5 Å². The van der Waals surface area contributed by atoms with Gasteiger partial charge in [0.25, 0.3) is 0 Å². The second kappa shape index (κ2) is 10.7. The van der Waals surface area contributed by atoms with Crippen LogP contribution >= 0.6 is 0 Å². The van der Waals surface area contributed by atoms with Gasteiger partial charge in [0.15, 0.2) is 0 Å². The molecule has 4 aromatic rings. The summed E-state index contributed by atoms with van der Waals surface area (Å²) in [7, 11) is 0. The number of carboxylic acid groups (broad SMARTS) is 1. The molecule has 174 valence electrons. The SMILES string of the molecule is Cc1c(-c2ccccc2)cccc1-c1nnc(Nc2cccc(CNCC(O)CC(=O)O)c2)o1. The van der Waals surface area contributed by atoms with Crippen molar-refractivity contribution in [1.29, 1.82) is 0 Å². The van der Waals surface area contributed by atoms with Crippen molar-refractivity contribution < 1.29 is 19.4 Å². The maximum atomic E-state index is 10.6. The third-order valence-corrected chi connectivity index (χ3v) is 5.37. The molecule has 0 aliphatic heterocycles. The molecule has 4 rings (SSSR count). The Hall–Kier alpha value is -4.01. The summed E-state index contributed by atoms with van der Waals surface area (Å²) in [5.41, 5.74) is 5.90. The van der Waals surface area contributed by atoms with Crippen LogP contribution in [-0.4, -0.2) is 39.0 Å². The Balaban J connectivity index is 1.43. The molecule has 0 bridgehead atoms. The number of carbonyl (C=O) groups is 1. The fourth-order valence-electron chi connectivity index (χ4n) is 3.72. The van der Waals surface area contributed by atoms with Gasteiger partial charge in [-0.3, -0.25) is 4.79 Å². The van der Waals surface area contributed by atoms with Gasteiger partial charge in [0, 0.05) is 24.3 Å². The minimum Gasteiger partial charge on any atom is -0.481 e. The number of anilines is 2. The highest BCUT2D eigenvalue weighted by atomic mass is 16.4. The Kier molecular flexibility index (Phi) is 7.31. The van der Waals surface area contributed by atoms with Gasteiger partial charge in [-0.15, -0.1) is 5.10 Å². The van der Waals surface area contributed by atoms with Gasteiger partial charge in [0.1, 0.15) is 0 Å². The van der Waals surface area contributed by atoms with Crippen LogP contribution in [0.1, 0.15) is 17.5 Å². The highest BCUT2D eigenvalue weighted by molar-refractivity contribution is 5.75. The van der Waals surface area contributed by atoms with Crippen molar-refractivity contribution in [3.63, 3.8) is 0 Å². The molecule has 1 aromatic heterocycles. The number of aliphatic hydroxyl groups is 1. The van der Waals surface area contributed by atoms with E-state index in [1.54, 1.807) is 0 Å². The van der Waals surface area contributed by atoms with Crippen molar-refractivity contribution in [2.75, 3.05) is 11.9 Å². The third kappa shape index (κ3) is 5.86. The van der Waals surface area contributed by atoms with E-state index < -0.39 is 12.1 Å². The zero-order valence-corrected chi connectivity index (χ0v) is 18.7. The number of carboxylic acids is 1. The fourth-order valence-corrected chi connectivity index (χ4v) is 3.72. The molecule has 4 N–H and O–H groups in total. The third-order valence-electron chi connectivity index (χ3n) is 5.37. The van der Waals surface area contributed by atoms with Crippen molar-refractivity contribution in [3.8, 4) is 22.6 Å². The summed E-state index contributed by atoms with van der Waals surface area (Å²) in [6, 6.07) is 24.1. The summed E-state index contributed by atoms with van der Waals surface area (Å²) in [4.78, 5) is 10.6. The lowest BCUT2D eigenvalue weighted by Gasteiger charge is -2.10. The van der Waals surface area contributed by atoms with Crippen LogP contribution in [0.2, 0.25) is 0 Å². The van der Waals surface area contributed by atoms with E-state index in [2.05, 4.69) is 39.0 Å². The molecule has 0 aliphatic rings. The lowest BCUT2D eigenvalue weighted by Crippen LogP contribution is -2.28. The number of aromatic nitrogens is 2. The molecule has 0 radical (unpaired) electrons. The van der Waals surface area contributed by atoms with Crippen LogP contribution in [0.4, 0.5) is 11.7 Å². The fraction of sp³-hybridized carbons (Fsp3) is 0.192. The van der Waals surface area contributed by atoms with Gasteiger partial charge in [-0.05, 0) is 47.4 Å². The summed E-state index contributed by atoms with van der Waals surface area (Å²) < 4.78 is 5.90. The summed E-state index contributed by atoms with van der Waals surface area (Å²) in [5.74, 6) is -0.593. The van der Waals surface area contributed by atoms with E-state index in [-0.39, 0.29) is 19.0 Å². The van der Waals surface area contributed by atoms with Crippen molar-refractivity contribution >= 4 is 17.7 Å². The zero-order chi connectivity index (χ0) is 23.9. The smallest absolute Gasteiger partial charge is 0.320 e. The maximum absolute atomic E-state index is 10.6. The Morgan fingerprint density at radius 1 is 1.00 bits per heavy atom. The van der Waals surface area contributed by atoms with Gasteiger partial charge < -0.3 is 25.3 Å².